The number of halogens is 1. The Hall–Kier alpha value is -1.08. The van der Waals surface area contributed by atoms with Crippen LogP contribution in [0.2, 0.25) is 0 Å². The highest BCUT2D eigenvalue weighted by Crippen LogP contribution is 2.50. The number of fused-ring (bicyclic) bond motifs is 1. The smallest absolute Gasteiger partial charge is 0.0748 e. The summed E-state index contributed by atoms with van der Waals surface area (Å²) in [6.07, 6.45) is 2.31. The zero-order valence-corrected chi connectivity index (χ0v) is 13.3. The van der Waals surface area contributed by atoms with Crippen molar-refractivity contribution in [1.82, 2.24) is 0 Å². The number of hydrogen-bond acceptors (Lipinski definition) is 0. The SMILES string of the molecule is Cc1ccc(C2(Br)CCc3ccccc32)c(C)c1C. The summed E-state index contributed by atoms with van der Waals surface area (Å²) in [5.74, 6) is 0. The Morgan fingerprint density at radius 2 is 1.63 bits per heavy atom. The number of aryl methyl sites for hydroxylation is 2. The van der Waals surface area contributed by atoms with E-state index in [0.29, 0.717) is 0 Å². The molecule has 1 atom stereocenters. The van der Waals surface area contributed by atoms with Crippen LogP contribution in [0, 0.1) is 20.8 Å². The normalized spacial score (nSPS) is 21.5. The molecule has 2 aromatic rings. The van der Waals surface area contributed by atoms with Crippen LogP contribution < -0.4 is 0 Å². The lowest BCUT2D eigenvalue weighted by atomic mass is 9.86. The van der Waals surface area contributed by atoms with Crippen LogP contribution in [0.1, 0.15) is 39.8 Å². The molecule has 19 heavy (non-hydrogen) atoms. The first-order chi connectivity index (χ1) is 9.04. The first kappa shape index (κ1) is 12.9. The van der Waals surface area contributed by atoms with Gasteiger partial charge < -0.3 is 0 Å². The largest absolute Gasteiger partial charge is 0.0763 e. The average Bonchev–Trinajstić information content (AvgIpc) is 2.75. The lowest BCUT2D eigenvalue weighted by molar-refractivity contribution is 0.733. The predicted octanol–water partition coefficient (Wildman–Crippen LogP) is 5.20. The van der Waals surface area contributed by atoms with Crippen LogP contribution >= 0.6 is 15.9 Å². The maximum atomic E-state index is 4.06. The van der Waals surface area contributed by atoms with E-state index in [2.05, 4.69) is 73.1 Å². The first-order valence-electron chi connectivity index (χ1n) is 6.88. The molecule has 0 amide bonds. The minimum Gasteiger partial charge on any atom is -0.0748 e. The molecule has 98 valence electrons. The maximum Gasteiger partial charge on any atom is 0.0763 e. The van der Waals surface area contributed by atoms with E-state index in [9.17, 15) is 0 Å². The van der Waals surface area contributed by atoms with Gasteiger partial charge >= 0.3 is 0 Å². The fraction of sp³-hybridized carbons (Fsp3) is 0.333. The van der Waals surface area contributed by atoms with Crippen LogP contribution in [-0.2, 0) is 10.7 Å². The molecule has 0 radical (unpaired) electrons. The molecular weight excluding hydrogens is 296 g/mol. The van der Waals surface area contributed by atoms with Crippen LogP contribution in [0.4, 0.5) is 0 Å². The molecule has 0 aliphatic heterocycles. The Balaban J connectivity index is 2.21. The monoisotopic (exact) mass is 314 g/mol. The summed E-state index contributed by atoms with van der Waals surface area (Å²) >= 11 is 4.06. The van der Waals surface area contributed by atoms with E-state index < -0.39 is 0 Å². The quantitative estimate of drug-likeness (QED) is 0.635. The standard InChI is InChI=1S/C18H19Br/c1-12-8-9-16(14(3)13(12)2)18(19)11-10-15-6-4-5-7-17(15)18/h4-9H,10-11H2,1-3H3. The molecule has 0 saturated heterocycles. The van der Waals surface area contributed by atoms with E-state index in [1.165, 1.54) is 33.4 Å². The van der Waals surface area contributed by atoms with Gasteiger partial charge in [0.1, 0.15) is 0 Å². The van der Waals surface area contributed by atoms with Crippen LogP contribution in [0.25, 0.3) is 0 Å². The summed E-state index contributed by atoms with van der Waals surface area (Å²) in [4.78, 5) is 0. The highest BCUT2D eigenvalue weighted by molar-refractivity contribution is 9.09. The van der Waals surface area contributed by atoms with Gasteiger partial charge in [0.15, 0.2) is 0 Å². The molecule has 0 spiro atoms. The summed E-state index contributed by atoms with van der Waals surface area (Å²) in [5, 5.41) is 0. The molecular formula is C18H19Br. The Morgan fingerprint density at radius 3 is 2.42 bits per heavy atom. The highest BCUT2D eigenvalue weighted by Gasteiger charge is 2.38. The third-order valence-corrected chi connectivity index (χ3v) is 5.92. The van der Waals surface area contributed by atoms with Gasteiger partial charge in [-0.2, -0.15) is 0 Å². The summed E-state index contributed by atoms with van der Waals surface area (Å²) < 4.78 is 0.00609. The van der Waals surface area contributed by atoms with E-state index in [1.54, 1.807) is 0 Å². The second kappa shape index (κ2) is 4.49. The molecule has 0 N–H and O–H groups in total. The van der Waals surface area contributed by atoms with E-state index in [4.69, 9.17) is 0 Å². The summed E-state index contributed by atoms with van der Waals surface area (Å²) in [6, 6.07) is 13.4. The molecule has 3 rings (SSSR count). The van der Waals surface area contributed by atoms with Gasteiger partial charge in [0.05, 0.1) is 4.32 Å². The van der Waals surface area contributed by atoms with Gasteiger partial charge in [-0.25, -0.2) is 0 Å². The molecule has 0 fully saturated rings. The van der Waals surface area contributed by atoms with Crippen LogP contribution in [-0.4, -0.2) is 0 Å². The second-order valence-corrected chi connectivity index (χ2v) is 6.99. The van der Waals surface area contributed by atoms with Crippen molar-refractivity contribution < 1.29 is 0 Å². The molecule has 1 aliphatic rings. The van der Waals surface area contributed by atoms with Crippen molar-refractivity contribution in [1.29, 1.82) is 0 Å². The van der Waals surface area contributed by atoms with Gasteiger partial charge in [0, 0.05) is 0 Å². The fourth-order valence-electron chi connectivity index (χ4n) is 3.23. The van der Waals surface area contributed by atoms with Crippen LogP contribution in [0.5, 0.6) is 0 Å². The lowest BCUT2D eigenvalue weighted by Crippen LogP contribution is -2.18. The van der Waals surface area contributed by atoms with Gasteiger partial charge in [-0.15, -0.1) is 0 Å². The van der Waals surface area contributed by atoms with Gasteiger partial charge in [-0.3, -0.25) is 0 Å². The van der Waals surface area contributed by atoms with Gasteiger partial charge in [0.25, 0.3) is 0 Å². The summed E-state index contributed by atoms with van der Waals surface area (Å²) in [7, 11) is 0. The van der Waals surface area contributed by atoms with Gasteiger partial charge in [-0.05, 0) is 67.0 Å². The minimum absolute atomic E-state index is 0.00609. The molecule has 0 heterocycles. The zero-order chi connectivity index (χ0) is 13.6. The zero-order valence-electron chi connectivity index (χ0n) is 11.8. The predicted molar refractivity (Wildman–Crippen MR) is 85.1 cm³/mol. The van der Waals surface area contributed by atoms with Crippen molar-refractivity contribution in [3.63, 3.8) is 0 Å². The molecule has 1 heteroatoms. The Morgan fingerprint density at radius 1 is 0.895 bits per heavy atom. The van der Waals surface area contributed by atoms with Crippen LogP contribution in [0.3, 0.4) is 0 Å². The van der Waals surface area contributed by atoms with Crippen molar-refractivity contribution in [3.8, 4) is 0 Å². The van der Waals surface area contributed by atoms with Crippen molar-refractivity contribution in [2.45, 2.75) is 37.9 Å². The topological polar surface area (TPSA) is 0 Å². The molecule has 0 bridgehead atoms. The van der Waals surface area contributed by atoms with Crippen molar-refractivity contribution in [3.05, 3.63) is 69.8 Å². The maximum absolute atomic E-state index is 4.06. The fourth-order valence-corrected chi connectivity index (χ4v) is 4.25. The third kappa shape index (κ3) is 1.87. The van der Waals surface area contributed by atoms with Crippen LogP contribution in [0.15, 0.2) is 36.4 Å². The Bertz CT molecular complexity index is 642. The van der Waals surface area contributed by atoms with Gasteiger partial charge in [0.2, 0.25) is 0 Å². The van der Waals surface area contributed by atoms with E-state index in [0.717, 1.165) is 12.8 Å². The third-order valence-electron chi connectivity index (χ3n) is 4.67. The first-order valence-corrected chi connectivity index (χ1v) is 7.68. The van der Waals surface area contributed by atoms with Crippen molar-refractivity contribution >= 4 is 15.9 Å². The highest BCUT2D eigenvalue weighted by atomic mass is 79.9. The molecule has 0 saturated carbocycles. The minimum atomic E-state index is 0.00609. The molecule has 1 aliphatic carbocycles. The average molecular weight is 315 g/mol. The molecule has 0 nitrogen and oxygen atoms in total. The lowest BCUT2D eigenvalue weighted by Gasteiger charge is -2.27. The van der Waals surface area contributed by atoms with E-state index in [1.807, 2.05) is 0 Å². The number of benzene rings is 2. The Kier molecular flexibility index (Phi) is 3.05. The number of rotatable bonds is 1. The molecule has 2 aromatic carbocycles. The van der Waals surface area contributed by atoms with Gasteiger partial charge in [-0.1, -0.05) is 52.3 Å². The summed E-state index contributed by atoms with van der Waals surface area (Å²) in [6.45, 7) is 6.67. The van der Waals surface area contributed by atoms with Crippen molar-refractivity contribution in [2.24, 2.45) is 0 Å². The molecule has 1 unspecified atom stereocenters. The van der Waals surface area contributed by atoms with E-state index >= 15 is 0 Å². The van der Waals surface area contributed by atoms with E-state index in [-0.39, 0.29) is 4.32 Å². The number of alkyl halides is 1. The number of hydrogen-bond donors (Lipinski definition) is 0. The van der Waals surface area contributed by atoms with Crippen molar-refractivity contribution in [2.75, 3.05) is 0 Å². The Labute approximate surface area is 124 Å². The molecule has 0 aromatic heterocycles. The second-order valence-electron chi connectivity index (χ2n) is 5.64. The summed E-state index contributed by atoms with van der Waals surface area (Å²) in [5.41, 5.74) is 8.58.